The molecule has 1 aliphatic carbocycles. The van der Waals surface area contributed by atoms with Gasteiger partial charge in [-0.25, -0.2) is 0 Å². The number of hydrogen-bond acceptors (Lipinski definition) is 1. The lowest BCUT2D eigenvalue weighted by Crippen LogP contribution is -2.14. The van der Waals surface area contributed by atoms with Crippen molar-refractivity contribution >= 4 is 0 Å². The first-order valence-corrected chi connectivity index (χ1v) is 6.02. The van der Waals surface area contributed by atoms with Crippen LogP contribution in [0.2, 0.25) is 0 Å². The van der Waals surface area contributed by atoms with Crippen LogP contribution in [0.1, 0.15) is 50.5 Å². The van der Waals surface area contributed by atoms with Gasteiger partial charge in [-0.05, 0) is 49.7 Å². The van der Waals surface area contributed by atoms with Gasteiger partial charge in [-0.3, -0.25) is 0 Å². The molecule has 0 spiro atoms. The van der Waals surface area contributed by atoms with E-state index >= 15 is 0 Å². The Kier molecular flexibility index (Phi) is 3.52. The average molecular weight is 225 g/mol. The summed E-state index contributed by atoms with van der Waals surface area (Å²) in [6, 6.07) is 2.80. The molecule has 0 aliphatic heterocycles. The van der Waals surface area contributed by atoms with E-state index in [4.69, 9.17) is 0 Å². The fourth-order valence-electron chi connectivity index (χ4n) is 2.61. The first-order valence-electron chi connectivity index (χ1n) is 6.02. The minimum atomic E-state index is -0.733. The molecule has 1 fully saturated rings. The third-order valence-corrected chi connectivity index (χ3v) is 3.71. The quantitative estimate of drug-likeness (QED) is 0.692. The molecule has 0 N–H and O–H groups in total. The minimum absolute atomic E-state index is 0.232. The Morgan fingerprint density at radius 2 is 1.88 bits per heavy atom. The number of rotatable bonds is 2. The molecule has 2 rings (SSSR count). The predicted molar refractivity (Wildman–Crippen MR) is 59.1 cm³/mol. The molecule has 0 bridgehead atoms. The lowest BCUT2D eigenvalue weighted by molar-refractivity contribution is 0.312. The number of hydrogen-bond donors (Lipinski definition) is 0. The molecule has 0 saturated heterocycles. The summed E-state index contributed by atoms with van der Waals surface area (Å²) in [5, 5.41) is 0. The van der Waals surface area contributed by atoms with Crippen LogP contribution in [0.5, 0.6) is 0 Å². The predicted octanol–water partition coefficient (Wildman–Crippen LogP) is 4.04. The van der Waals surface area contributed by atoms with Gasteiger partial charge < -0.3 is 0 Å². The Labute approximate surface area is 94.9 Å². The van der Waals surface area contributed by atoms with Gasteiger partial charge in [-0.1, -0.05) is 13.3 Å². The Bertz CT molecular complexity index is 357. The van der Waals surface area contributed by atoms with Gasteiger partial charge >= 0.3 is 0 Å². The molecule has 0 aromatic carbocycles. The highest BCUT2D eigenvalue weighted by Crippen LogP contribution is 2.37. The van der Waals surface area contributed by atoms with Gasteiger partial charge in [0.1, 0.15) is 0 Å². The van der Waals surface area contributed by atoms with Gasteiger partial charge in [0.05, 0.1) is 0 Å². The first-order chi connectivity index (χ1) is 7.70. The van der Waals surface area contributed by atoms with Gasteiger partial charge in [0.2, 0.25) is 11.9 Å². The van der Waals surface area contributed by atoms with Crippen LogP contribution < -0.4 is 0 Å². The van der Waals surface area contributed by atoms with Gasteiger partial charge in [0.25, 0.3) is 0 Å². The van der Waals surface area contributed by atoms with E-state index in [0.29, 0.717) is 5.56 Å². The van der Waals surface area contributed by atoms with Crippen molar-refractivity contribution in [2.24, 2.45) is 5.92 Å². The van der Waals surface area contributed by atoms with E-state index in [1.54, 1.807) is 6.07 Å². The average Bonchev–Trinajstić information content (AvgIpc) is 2.29. The summed E-state index contributed by atoms with van der Waals surface area (Å²) in [7, 11) is 0. The van der Waals surface area contributed by atoms with Crippen molar-refractivity contribution < 1.29 is 8.78 Å². The molecule has 1 nitrogen and oxygen atoms in total. The largest absolute Gasteiger partial charge is 0.218 e. The lowest BCUT2D eigenvalue weighted by atomic mass is 9.78. The molecule has 1 saturated carbocycles. The van der Waals surface area contributed by atoms with Crippen molar-refractivity contribution in [3.63, 3.8) is 0 Å². The second-order valence-electron chi connectivity index (χ2n) is 4.64. The fourth-order valence-corrected chi connectivity index (χ4v) is 2.61. The van der Waals surface area contributed by atoms with Crippen molar-refractivity contribution in [2.45, 2.75) is 44.9 Å². The molecule has 1 aliphatic rings. The zero-order chi connectivity index (χ0) is 11.5. The minimum Gasteiger partial charge on any atom is -0.190 e. The van der Waals surface area contributed by atoms with Crippen molar-refractivity contribution in [3.8, 4) is 0 Å². The van der Waals surface area contributed by atoms with Gasteiger partial charge in [-0.15, -0.1) is 0 Å². The molecule has 0 amide bonds. The van der Waals surface area contributed by atoms with E-state index in [2.05, 4.69) is 11.9 Å². The third-order valence-electron chi connectivity index (χ3n) is 3.71. The highest BCUT2D eigenvalue weighted by atomic mass is 19.1. The first kappa shape index (κ1) is 11.5. The third kappa shape index (κ3) is 2.39. The lowest BCUT2D eigenvalue weighted by Gasteiger charge is -2.27. The molecular formula is C13H17F2N. The molecule has 3 heteroatoms. The van der Waals surface area contributed by atoms with Crippen LogP contribution in [-0.4, -0.2) is 4.98 Å². The van der Waals surface area contributed by atoms with Crippen molar-refractivity contribution in [1.29, 1.82) is 0 Å². The highest BCUT2D eigenvalue weighted by Gasteiger charge is 2.23. The molecule has 0 radical (unpaired) electrons. The second-order valence-corrected chi connectivity index (χ2v) is 4.64. The van der Waals surface area contributed by atoms with E-state index < -0.39 is 11.9 Å². The van der Waals surface area contributed by atoms with Crippen LogP contribution in [0.4, 0.5) is 8.78 Å². The highest BCUT2D eigenvalue weighted by molar-refractivity contribution is 5.17. The number of halogens is 2. The molecule has 0 atom stereocenters. The van der Waals surface area contributed by atoms with Crippen LogP contribution in [0.3, 0.4) is 0 Å². The van der Waals surface area contributed by atoms with Crippen molar-refractivity contribution in [2.75, 3.05) is 0 Å². The molecule has 0 unspecified atom stereocenters. The second kappa shape index (κ2) is 4.89. The van der Waals surface area contributed by atoms with E-state index in [0.717, 1.165) is 31.6 Å². The maximum Gasteiger partial charge on any atom is 0.218 e. The number of pyridine rings is 1. The summed E-state index contributed by atoms with van der Waals surface area (Å²) in [6.07, 6.45) is 5.51. The van der Waals surface area contributed by atoms with Gasteiger partial charge in [-0.2, -0.15) is 13.8 Å². The molecule has 16 heavy (non-hydrogen) atoms. The normalized spacial score (nSPS) is 25.7. The molecular weight excluding hydrogens is 208 g/mol. The molecule has 1 aromatic rings. The molecule has 1 heterocycles. The van der Waals surface area contributed by atoms with Crippen LogP contribution in [0.15, 0.2) is 12.1 Å². The van der Waals surface area contributed by atoms with Crippen LogP contribution >= 0.6 is 0 Å². The van der Waals surface area contributed by atoms with Gasteiger partial charge in [0.15, 0.2) is 0 Å². The zero-order valence-electron chi connectivity index (χ0n) is 9.55. The smallest absolute Gasteiger partial charge is 0.190 e. The maximum absolute atomic E-state index is 13.5. The SMILES string of the molecule is CCC1CCC(c2ccc(F)nc2F)CC1. The van der Waals surface area contributed by atoms with Gasteiger partial charge in [0, 0.05) is 5.56 Å². The van der Waals surface area contributed by atoms with E-state index in [-0.39, 0.29) is 5.92 Å². The Morgan fingerprint density at radius 3 is 2.44 bits per heavy atom. The Hall–Kier alpha value is -0.990. The standard InChI is InChI=1S/C13H17F2N/c1-2-9-3-5-10(6-4-9)11-7-8-12(14)16-13(11)15/h7-10H,2-6H2,1H3. The summed E-state index contributed by atoms with van der Waals surface area (Å²) < 4.78 is 26.1. The van der Waals surface area contributed by atoms with Crippen LogP contribution in [0, 0.1) is 17.8 Å². The molecule has 88 valence electrons. The summed E-state index contributed by atoms with van der Waals surface area (Å²) >= 11 is 0. The van der Waals surface area contributed by atoms with E-state index in [1.165, 1.54) is 12.5 Å². The van der Waals surface area contributed by atoms with Crippen molar-refractivity contribution in [3.05, 3.63) is 29.6 Å². The topological polar surface area (TPSA) is 12.9 Å². The fraction of sp³-hybridized carbons (Fsp3) is 0.615. The number of aromatic nitrogens is 1. The summed E-state index contributed by atoms with van der Waals surface area (Å²) in [4.78, 5) is 3.25. The monoisotopic (exact) mass is 225 g/mol. The zero-order valence-corrected chi connectivity index (χ0v) is 9.55. The van der Waals surface area contributed by atoms with E-state index in [1.807, 2.05) is 0 Å². The van der Waals surface area contributed by atoms with E-state index in [9.17, 15) is 8.78 Å². The molecule has 1 aromatic heterocycles. The summed E-state index contributed by atoms with van der Waals surface area (Å²) in [6.45, 7) is 2.20. The van der Waals surface area contributed by atoms with Crippen LogP contribution in [0.25, 0.3) is 0 Å². The Morgan fingerprint density at radius 1 is 1.19 bits per heavy atom. The summed E-state index contributed by atoms with van der Waals surface area (Å²) in [5.74, 6) is -0.341. The summed E-state index contributed by atoms with van der Waals surface area (Å²) in [5.41, 5.74) is 0.593. The van der Waals surface area contributed by atoms with Crippen LogP contribution in [-0.2, 0) is 0 Å². The number of nitrogens with zero attached hydrogens (tertiary/aromatic N) is 1. The maximum atomic E-state index is 13.5. The Balaban J connectivity index is 2.08. The van der Waals surface area contributed by atoms with Crippen molar-refractivity contribution in [1.82, 2.24) is 4.98 Å².